The first-order valence-electron chi connectivity index (χ1n) is 4.26. The fourth-order valence-electron chi connectivity index (χ4n) is 1.23. The van der Waals surface area contributed by atoms with Gasteiger partial charge >= 0.3 is 0 Å². The summed E-state index contributed by atoms with van der Waals surface area (Å²) in [5, 5.41) is 2.91. The number of nitrogens with one attached hydrogen (secondary N) is 1. The zero-order valence-corrected chi connectivity index (χ0v) is 8.45. The lowest BCUT2D eigenvalue weighted by Gasteiger charge is -2.08. The highest BCUT2D eigenvalue weighted by Crippen LogP contribution is 2.17. The Balaban J connectivity index is 3.01. The predicted octanol–water partition coefficient (Wildman–Crippen LogP) is 1.95. The van der Waals surface area contributed by atoms with Crippen LogP contribution in [-0.2, 0) is 13.0 Å². The Bertz CT molecular complexity index is 297. The molecule has 0 aliphatic heterocycles. The number of thiocarbonyl (C=S) groups is 1. The molecule has 0 aromatic heterocycles. The minimum atomic E-state index is 0.552. The van der Waals surface area contributed by atoms with E-state index in [9.17, 15) is 0 Å². The first kappa shape index (κ1) is 10.2. The Kier molecular flexibility index (Phi) is 3.86. The summed E-state index contributed by atoms with van der Waals surface area (Å²) in [6.07, 6.45) is 0.976. The van der Waals surface area contributed by atoms with Crippen molar-refractivity contribution >= 4 is 23.4 Å². The lowest BCUT2D eigenvalue weighted by Crippen LogP contribution is -2.01. The average Bonchev–Trinajstić information content (AvgIpc) is 2.18. The molecule has 0 unspecified atom stereocenters. The van der Waals surface area contributed by atoms with E-state index >= 15 is 0 Å². The highest BCUT2D eigenvalue weighted by molar-refractivity contribution is 7.79. The van der Waals surface area contributed by atoms with Gasteiger partial charge in [0.05, 0.1) is 0 Å². The quantitative estimate of drug-likeness (QED) is 0.567. The highest BCUT2D eigenvalue weighted by Gasteiger charge is 1.99. The van der Waals surface area contributed by atoms with E-state index in [-0.39, 0.29) is 0 Å². The monoisotopic (exact) mass is 193 g/mol. The Morgan fingerprint density at radius 3 is 2.85 bits per heavy atom. The number of anilines is 1. The second-order valence-electron chi connectivity index (χ2n) is 2.78. The summed E-state index contributed by atoms with van der Waals surface area (Å²) in [6.45, 7) is 2.65. The van der Waals surface area contributed by atoms with Crippen molar-refractivity contribution in [3.8, 4) is 0 Å². The molecule has 0 saturated carbocycles. The van der Waals surface area contributed by atoms with Gasteiger partial charge in [0.1, 0.15) is 5.49 Å². The first-order chi connectivity index (χ1) is 6.31. The number of benzene rings is 1. The molecule has 1 aromatic rings. The molecule has 0 fully saturated rings. The third-order valence-corrected chi connectivity index (χ3v) is 2.08. The molecular weight excluding hydrogens is 180 g/mol. The third-order valence-electron chi connectivity index (χ3n) is 1.98. The number of hydrogen-bond acceptors (Lipinski definition) is 2. The second kappa shape index (κ2) is 4.94. The van der Waals surface area contributed by atoms with Gasteiger partial charge in [0, 0.05) is 12.2 Å². The molecule has 0 aliphatic carbocycles. The van der Waals surface area contributed by atoms with E-state index in [1.807, 2.05) is 12.1 Å². The standard InChI is InChI=1S/C10H13N2S/c1-2-9-4-3-8(6-11)5-10(9)12-7-13/h3-5H,2,6,11H2,1H3,(H,12,13). The van der Waals surface area contributed by atoms with E-state index in [1.165, 1.54) is 5.56 Å². The fourth-order valence-corrected chi connectivity index (χ4v) is 1.34. The molecular formula is C10H13N2S. The van der Waals surface area contributed by atoms with Crippen LogP contribution in [0.25, 0.3) is 0 Å². The van der Waals surface area contributed by atoms with Crippen molar-refractivity contribution in [2.45, 2.75) is 19.9 Å². The van der Waals surface area contributed by atoms with Gasteiger partial charge in [0.15, 0.2) is 0 Å². The lowest BCUT2D eigenvalue weighted by atomic mass is 10.1. The number of hydrogen-bond donors (Lipinski definition) is 2. The van der Waals surface area contributed by atoms with E-state index < -0.39 is 0 Å². The van der Waals surface area contributed by atoms with Crippen LogP contribution >= 0.6 is 12.2 Å². The van der Waals surface area contributed by atoms with Gasteiger partial charge in [-0.05, 0) is 23.6 Å². The highest BCUT2D eigenvalue weighted by atomic mass is 32.1. The van der Waals surface area contributed by atoms with Gasteiger partial charge in [-0.2, -0.15) is 0 Å². The summed E-state index contributed by atoms with van der Waals surface area (Å²) in [6, 6.07) is 6.11. The summed E-state index contributed by atoms with van der Waals surface area (Å²) < 4.78 is 0. The Morgan fingerprint density at radius 2 is 2.31 bits per heavy atom. The summed E-state index contributed by atoms with van der Waals surface area (Å²) in [4.78, 5) is 0. The van der Waals surface area contributed by atoms with Crippen LogP contribution in [0.2, 0.25) is 0 Å². The van der Waals surface area contributed by atoms with Crippen LogP contribution in [0, 0.1) is 0 Å². The fraction of sp³-hybridized carbons (Fsp3) is 0.300. The number of nitrogens with two attached hydrogens (primary N) is 1. The molecule has 0 heterocycles. The SMILES string of the molecule is CCc1ccc(CN)cc1N[C]=S. The summed E-state index contributed by atoms with van der Waals surface area (Å²) in [7, 11) is 0. The molecule has 3 heteroatoms. The van der Waals surface area contributed by atoms with E-state index in [2.05, 4.69) is 36.0 Å². The zero-order valence-electron chi connectivity index (χ0n) is 7.63. The Hall–Kier alpha value is -0.930. The van der Waals surface area contributed by atoms with Crippen LogP contribution in [0.3, 0.4) is 0 Å². The van der Waals surface area contributed by atoms with Crippen molar-refractivity contribution < 1.29 is 0 Å². The minimum absolute atomic E-state index is 0.552. The van der Waals surface area contributed by atoms with Crippen LogP contribution in [0.15, 0.2) is 18.2 Å². The van der Waals surface area contributed by atoms with E-state index in [4.69, 9.17) is 5.73 Å². The molecule has 0 amide bonds. The van der Waals surface area contributed by atoms with Crippen molar-refractivity contribution in [2.75, 3.05) is 5.32 Å². The molecule has 69 valence electrons. The molecule has 0 atom stereocenters. The number of aryl methyl sites for hydroxylation is 1. The maximum absolute atomic E-state index is 5.53. The van der Waals surface area contributed by atoms with Crippen LogP contribution in [0.1, 0.15) is 18.1 Å². The molecule has 1 radical (unpaired) electrons. The molecule has 1 rings (SSSR count). The summed E-state index contributed by atoms with van der Waals surface area (Å²) in [5.74, 6) is 0. The normalized spacial score (nSPS) is 9.69. The Labute approximate surface area is 84.1 Å². The molecule has 13 heavy (non-hydrogen) atoms. The zero-order chi connectivity index (χ0) is 9.68. The lowest BCUT2D eigenvalue weighted by molar-refractivity contribution is 1.06. The van der Waals surface area contributed by atoms with Crippen molar-refractivity contribution in [1.82, 2.24) is 0 Å². The van der Waals surface area contributed by atoms with Crippen molar-refractivity contribution in [2.24, 2.45) is 5.73 Å². The van der Waals surface area contributed by atoms with Crippen LogP contribution in [0.5, 0.6) is 0 Å². The third kappa shape index (κ3) is 2.50. The van der Waals surface area contributed by atoms with Gasteiger partial charge in [-0.3, -0.25) is 0 Å². The largest absolute Gasteiger partial charge is 0.344 e. The summed E-state index contributed by atoms with van der Waals surface area (Å²) >= 11 is 4.63. The molecule has 0 spiro atoms. The Morgan fingerprint density at radius 1 is 1.54 bits per heavy atom. The minimum Gasteiger partial charge on any atom is -0.344 e. The van der Waals surface area contributed by atoms with Crippen molar-refractivity contribution in [3.63, 3.8) is 0 Å². The number of rotatable bonds is 4. The van der Waals surface area contributed by atoms with Gasteiger partial charge in [0.25, 0.3) is 0 Å². The molecule has 2 nitrogen and oxygen atoms in total. The molecule has 0 bridgehead atoms. The van der Waals surface area contributed by atoms with Crippen LogP contribution < -0.4 is 11.1 Å². The van der Waals surface area contributed by atoms with E-state index in [1.54, 1.807) is 0 Å². The van der Waals surface area contributed by atoms with E-state index in [0.29, 0.717) is 6.54 Å². The van der Waals surface area contributed by atoms with Crippen LogP contribution in [-0.4, -0.2) is 5.49 Å². The predicted molar refractivity (Wildman–Crippen MR) is 59.9 cm³/mol. The maximum Gasteiger partial charge on any atom is 0.138 e. The van der Waals surface area contributed by atoms with E-state index in [0.717, 1.165) is 17.7 Å². The van der Waals surface area contributed by atoms with Gasteiger partial charge in [0.2, 0.25) is 0 Å². The molecule has 3 N–H and O–H groups in total. The summed E-state index contributed by atoms with van der Waals surface area (Å²) in [5.41, 5.74) is 11.4. The first-order valence-corrected chi connectivity index (χ1v) is 4.67. The van der Waals surface area contributed by atoms with Crippen LogP contribution in [0.4, 0.5) is 5.69 Å². The van der Waals surface area contributed by atoms with Crippen molar-refractivity contribution in [1.29, 1.82) is 0 Å². The smallest absolute Gasteiger partial charge is 0.138 e. The maximum atomic E-state index is 5.53. The topological polar surface area (TPSA) is 38.0 Å². The molecule has 0 aliphatic rings. The molecule has 0 saturated heterocycles. The van der Waals surface area contributed by atoms with Gasteiger partial charge < -0.3 is 11.1 Å². The second-order valence-corrected chi connectivity index (χ2v) is 2.98. The average molecular weight is 193 g/mol. The van der Waals surface area contributed by atoms with Gasteiger partial charge in [-0.25, -0.2) is 0 Å². The van der Waals surface area contributed by atoms with Crippen molar-refractivity contribution in [3.05, 3.63) is 29.3 Å². The van der Waals surface area contributed by atoms with Gasteiger partial charge in [-0.15, -0.1) is 0 Å². The van der Waals surface area contributed by atoms with Gasteiger partial charge in [-0.1, -0.05) is 31.3 Å². The molecule has 1 aromatic carbocycles.